The summed E-state index contributed by atoms with van der Waals surface area (Å²) in [5.41, 5.74) is 0. The average molecular weight is 479 g/mol. The topological polar surface area (TPSA) is 120 Å². The van der Waals surface area contributed by atoms with Gasteiger partial charge in [0.1, 0.15) is 0 Å². The molecule has 22 heavy (non-hydrogen) atoms. The van der Waals surface area contributed by atoms with Gasteiger partial charge in [0.05, 0.1) is 0 Å². The van der Waals surface area contributed by atoms with Gasteiger partial charge in [0.15, 0.2) is 0 Å². The van der Waals surface area contributed by atoms with Gasteiger partial charge in [-0.25, -0.2) is 0 Å². The first kappa shape index (κ1) is 30.2. The van der Waals surface area contributed by atoms with E-state index >= 15 is 0 Å². The first-order valence-corrected chi connectivity index (χ1v) is 8.13. The van der Waals surface area contributed by atoms with Crippen molar-refractivity contribution in [2.75, 3.05) is 17.3 Å². The molecule has 0 aliphatic heterocycles. The summed E-state index contributed by atoms with van der Waals surface area (Å²) in [4.78, 5) is 28.8. The van der Waals surface area contributed by atoms with Gasteiger partial charge in [0, 0.05) is 17.9 Å². The van der Waals surface area contributed by atoms with Crippen molar-refractivity contribution >= 4 is 80.2 Å². The number of carbonyl (C=O) groups is 3. The molecule has 0 bridgehead atoms. The Labute approximate surface area is 165 Å². The SMILES string of the molecule is O=C([O-])CCCS.O=C([O-])CCCS.O=C([O-])CCCS.[Sb+3]. The molecule has 10 heteroatoms. The molecule has 0 spiro atoms. The minimum atomic E-state index is -0.992. The zero-order valence-corrected chi connectivity index (χ0v) is 17.3. The van der Waals surface area contributed by atoms with Crippen molar-refractivity contribution in [3.63, 3.8) is 0 Å². The Hall–Kier alpha value is 0.278. The normalized spacial score (nSPS) is 8.32. The number of carboxylic acid groups (broad SMARTS) is 3. The third kappa shape index (κ3) is 50.0. The van der Waals surface area contributed by atoms with Crippen molar-refractivity contribution in [2.45, 2.75) is 38.5 Å². The molecule has 0 unspecified atom stereocenters. The molecule has 0 rings (SSSR count). The summed E-state index contributed by atoms with van der Waals surface area (Å²) in [6, 6.07) is 0. The number of carbonyl (C=O) groups excluding carboxylic acids is 3. The van der Waals surface area contributed by atoms with Crippen LogP contribution in [0.5, 0.6) is 0 Å². The first-order valence-electron chi connectivity index (χ1n) is 6.23. The Bertz CT molecular complexity index is 237. The van der Waals surface area contributed by atoms with E-state index in [1.54, 1.807) is 0 Å². The van der Waals surface area contributed by atoms with E-state index in [1.807, 2.05) is 0 Å². The molecular formula is C12H21O6S3Sb. The molecule has 2 radical (unpaired) electrons. The van der Waals surface area contributed by atoms with E-state index in [9.17, 15) is 29.7 Å². The second-order valence-corrected chi connectivity index (χ2v) is 4.94. The molecule has 6 nitrogen and oxygen atoms in total. The van der Waals surface area contributed by atoms with E-state index in [1.165, 1.54) is 0 Å². The van der Waals surface area contributed by atoms with Crippen molar-refractivity contribution in [1.82, 2.24) is 0 Å². The molecule has 128 valence electrons. The quantitative estimate of drug-likeness (QED) is 0.259. The second-order valence-electron chi connectivity index (χ2n) is 3.60. The summed E-state index contributed by atoms with van der Waals surface area (Å²) >= 11 is 11.4. The average Bonchev–Trinajstić information content (AvgIpc) is 2.41. The van der Waals surface area contributed by atoms with Gasteiger partial charge in [-0.1, -0.05) is 0 Å². The zero-order valence-electron chi connectivity index (χ0n) is 12.1. The number of hydrogen-bond acceptors (Lipinski definition) is 9. The van der Waals surface area contributed by atoms with Crippen molar-refractivity contribution < 1.29 is 29.7 Å². The summed E-state index contributed by atoms with van der Waals surface area (Å²) < 4.78 is 0. The standard InChI is InChI=1S/3C4H8O2S.Sb/c3*5-4(6)2-1-3-7;/h3*7H,1-3H2,(H,5,6);/q;;;+3/p-3. The maximum Gasteiger partial charge on any atom is 3.00 e. The largest absolute Gasteiger partial charge is 3.00 e. The molecule has 0 aromatic carbocycles. The Balaban J connectivity index is -0.000000108. The number of thiol groups is 3. The van der Waals surface area contributed by atoms with Gasteiger partial charge < -0.3 is 29.7 Å². The van der Waals surface area contributed by atoms with Gasteiger partial charge >= 0.3 is 24.4 Å². The number of rotatable bonds is 9. The van der Waals surface area contributed by atoms with E-state index in [0.717, 1.165) is 0 Å². The number of hydrogen-bond donors (Lipinski definition) is 3. The molecule has 0 saturated heterocycles. The van der Waals surface area contributed by atoms with E-state index in [0.29, 0.717) is 36.5 Å². The van der Waals surface area contributed by atoms with Crippen LogP contribution in [0.3, 0.4) is 0 Å². The Kier molecular flexibility index (Phi) is 35.9. The molecule has 0 fully saturated rings. The third-order valence-corrected chi connectivity index (χ3v) is 2.57. The molecule has 0 aromatic heterocycles. The van der Waals surface area contributed by atoms with Crippen LogP contribution in [0.15, 0.2) is 0 Å². The predicted octanol–water partition coefficient (Wildman–Crippen LogP) is -2.04. The van der Waals surface area contributed by atoms with Crippen molar-refractivity contribution in [3.05, 3.63) is 0 Å². The Morgan fingerprint density at radius 1 is 0.591 bits per heavy atom. The van der Waals surface area contributed by atoms with E-state index in [-0.39, 0.29) is 43.7 Å². The Morgan fingerprint density at radius 3 is 0.818 bits per heavy atom. The number of carboxylic acids is 3. The summed E-state index contributed by atoms with van der Waals surface area (Å²) in [5, 5.41) is 28.8. The van der Waals surface area contributed by atoms with Gasteiger partial charge in [0.25, 0.3) is 0 Å². The summed E-state index contributed by atoms with van der Waals surface area (Å²) in [7, 11) is 0. The predicted molar refractivity (Wildman–Crippen MR) is 90.0 cm³/mol. The van der Waals surface area contributed by atoms with Crippen LogP contribution in [-0.2, 0) is 14.4 Å². The molecule has 0 aliphatic rings. The van der Waals surface area contributed by atoms with Crippen molar-refractivity contribution in [3.8, 4) is 0 Å². The van der Waals surface area contributed by atoms with E-state index in [4.69, 9.17) is 0 Å². The second kappa shape index (κ2) is 26.2. The summed E-state index contributed by atoms with van der Waals surface area (Å²) in [5.74, 6) is -1.12. The van der Waals surface area contributed by atoms with Crippen LogP contribution >= 0.6 is 37.9 Å². The van der Waals surface area contributed by atoms with Gasteiger partial charge in [0.2, 0.25) is 0 Å². The smallest absolute Gasteiger partial charge is 0.550 e. The Morgan fingerprint density at radius 2 is 0.773 bits per heavy atom. The van der Waals surface area contributed by atoms with Crippen molar-refractivity contribution in [2.24, 2.45) is 0 Å². The molecule has 0 N–H and O–H groups in total. The molecule has 0 atom stereocenters. The molecule has 0 aliphatic carbocycles. The summed E-state index contributed by atoms with van der Waals surface area (Å²) in [6.07, 6.45) is 2.19. The van der Waals surface area contributed by atoms with Crippen LogP contribution < -0.4 is 15.3 Å². The fourth-order valence-corrected chi connectivity index (χ4v) is 1.14. The van der Waals surface area contributed by atoms with Crippen LogP contribution in [0.1, 0.15) is 38.5 Å². The zero-order chi connectivity index (χ0) is 17.1. The third-order valence-electron chi connectivity index (χ3n) is 1.62. The minimum Gasteiger partial charge on any atom is -0.550 e. The minimum absolute atomic E-state index is 0. The van der Waals surface area contributed by atoms with Crippen LogP contribution in [0.2, 0.25) is 0 Å². The van der Waals surface area contributed by atoms with E-state index in [2.05, 4.69) is 37.9 Å². The summed E-state index contributed by atoms with van der Waals surface area (Å²) in [6.45, 7) is 0. The number of aliphatic carboxylic acids is 3. The van der Waals surface area contributed by atoms with Crippen LogP contribution in [-0.4, -0.2) is 59.6 Å². The van der Waals surface area contributed by atoms with Crippen LogP contribution in [0.25, 0.3) is 0 Å². The molecule has 0 aromatic rings. The maximum absolute atomic E-state index is 9.61. The maximum atomic E-state index is 9.61. The van der Waals surface area contributed by atoms with Crippen molar-refractivity contribution in [1.29, 1.82) is 0 Å². The molecular weight excluding hydrogens is 458 g/mol. The van der Waals surface area contributed by atoms with Gasteiger partial charge in [-0.3, -0.25) is 0 Å². The monoisotopic (exact) mass is 478 g/mol. The van der Waals surface area contributed by atoms with E-state index < -0.39 is 17.9 Å². The molecule has 0 amide bonds. The first-order chi connectivity index (χ1) is 9.81. The van der Waals surface area contributed by atoms with Crippen LogP contribution in [0, 0.1) is 0 Å². The van der Waals surface area contributed by atoms with Gasteiger partial charge in [-0.15, -0.1) is 0 Å². The fraction of sp³-hybridized carbons (Fsp3) is 0.750. The van der Waals surface area contributed by atoms with Crippen LogP contribution in [0.4, 0.5) is 0 Å². The fourth-order valence-electron chi connectivity index (χ4n) is 0.670. The molecule has 0 saturated carbocycles. The van der Waals surface area contributed by atoms with Gasteiger partial charge in [-0.2, -0.15) is 37.9 Å². The van der Waals surface area contributed by atoms with Gasteiger partial charge in [-0.05, 0) is 55.8 Å². The molecule has 0 heterocycles.